The summed E-state index contributed by atoms with van der Waals surface area (Å²) in [5.74, 6) is -0.905. The quantitative estimate of drug-likeness (QED) is 0.681. The van der Waals surface area contributed by atoms with Gasteiger partial charge in [-0.3, -0.25) is 9.00 Å². The summed E-state index contributed by atoms with van der Waals surface area (Å²) in [5.41, 5.74) is 0. The van der Waals surface area contributed by atoms with Crippen LogP contribution in [0.1, 0.15) is 12.8 Å². The summed E-state index contributed by atoms with van der Waals surface area (Å²) in [6, 6.07) is 0. The lowest BCUT2D eigenvalue weighted by atomic mass is 10.3. The number of carboxylic acids is 1. The van der Waals surface area contributed by atoms with E-state index in [1.807, 2.05) is 0 Å². The summed E-state index contributed by atoms with van der Waals surface area (Å²) >= 11 is 0. The highest BCUT2D eigenvalue weighted by atomic mass is 32.2. The summed E-state index contributed by atoms with van der Waals surface area (Å²) in [4.78, 5) is 10.1. The van der Waals surface area contributed by atoms with Gasteiger partial charge in [0.2, 0.25) is 0 Å². The number of hydrogen-bond acceptors (Lipinski definition) is 3. The van der Waals surface area contributed by atoms with Crippen molar-refractivity contribution in [2.75, 3.05) is 18.1 Å². The second-order valence-electron chi connectivity index (χ2n) is 2.78. The lowest BCUT2D eigenvalue weighted by Crippen LogP contribution is -2.20. The van der Waals surface area contributed by atoms with Crippen LogP contribution in [-0.4, -0.2) is 39.5 Å². The second-order valence-corrected chi connectivity index (χ2v) is 4.28. The highest BCUT2D eigenvalue weighted by Gasteiger charge is 2.19. The Kier molecular flexibility index (Phi) is 3.68. The molecule has 12 heavy (non-hydrogen) atoms. The first-order valence-electron chi connectivity index (χ1n) is 3.87. The minimum atomic E-state index is -1.26. The van der Waals surface area contributed by atoms with Gasteiger partial charge in [0.15, 0.2) is 0 Å². The van der Waals surface area contributed by atoms with Gasteiger partial charge in [0.1, 0.15) is 5.75 Å². The van der Waals surface area contributed by atoms with Crippen LogP contribution in [0.5, 0.6) is 0 Å². The minimum absolute atomic E-state index is 0.0187. The molecule has 0 aromatic carbocycles. The van der Waals surface area contributed by atoms with Crippen molar-refractivity contribution in [3.63, 3.8) is 0 Å². The molecule has 1 aliphatic rings. The van der Waals surface area contributed by atoms with Crippen molar-refractivity contribution in [1.82, 2.24) is 0 Å². The maximum Gasteiger partial charge on any atom is 0.316 e. The van der Waals surface area contributed by atoms with Crippen molar-refractivity contribution in [2.45, 2.75) is 18.9 Å². The largest absolute Gasteiger partial charge is 0.481 e. The number of hydrogen-bond donors (Lipinski definition) is 1. The molecule has 0 bridgehead atoms. The van der Waals surface area contributed by atoms with Crippen LogP contribution in [0.4, 0.5) is 0 Å². The van der Waals surface area contributed by atoms with E-state index in [0.717, 1.165) is 19.4 Å². The van der Waals surface area contributed by atoms with Crippen molar-refractivity contribution < 1.29 is 18.8 Å². The normalized spacial score (nSPS) is 25.5. The molecule has 1 heterocycles. The van der Waals surface area contributed by atoms with Crippen LogP contribution < -0.4 is 0 Å². The number of carboxylic acid groups (broad SMARTS) is 1. The summed E-state index contributed by atoms with van der Waals surface area (Å²) < 4.78 is 16.3. The molecule has 0 amide bonds. The molecule has 0 aromatic heterocycles. The van der Waals surface area contributed by atoms with E-state index >= 15 is 0 Å². The highest BCUT2D eigenvalue weighted by molar-refractivity contribution is 7.85. The number of carbonyl (C=O) groups is 1. The summed E-state index contributed by atoms with van der Waals surface area (Å²) in [6.07, 6.45) is 1.92. The molecule has 0 spiro atoms. The average Bonchev–Trinajstić information content (AvgIpc) is 2.37. The van der Waals surface area contributed by atoms with Crippen molar-refractivity contribution in [3.05, 3.63) is 0 Å². The van der Waals surface area contributed by atoms with Crippen LogP contribution in [0.25, 0.3) is 0 Å². The number of ether oxygens (including phenoxy) is 1. The molecular weight excluding hydrogens is 180 g/mol. The van der Waals surface area contributed by atoms with Crippen LogP contribution in [0, 0.1) is 0 Å². The van der Waals surface area contributed by atoms with Crippen LogP contribution >= 0.6 is 0 Å². The Morgan fingerprint density at radius 2 is 2.42 bits per heavy atom. The Bertz CT molecular complexity index is 186. The fraction of sp³-hybridized carbons (Fsp3) is 0.857. The van der Waals surface area contributed by atoms with Gasteiger partial charge in [-0.25, -0.2) is 0 Å². The molecule has 1 rings (SSSR count). The van der Waals surface area contributed by atoms with E-state index in [1.165, 1.54) is 0 Å². The molecule has 1 fully saturated rings. The minimum Gasteiger partial charge on any atom is -0.481 e. The van der Waals surface area contributed by atoms with Gasteiger partial charge in [0.05, 0.1) is 11.9 Å². The van der Waals surface area contributed by atoms with Gasteiger partial charge in [-0.15, -0.1) is 0 Å². The zero-order valence-electron chi connectivity index (χ0n) is 6.69. The lowest BCUT2D eigenvalue weighted by molar-refractivity contribution is -0.133. The van der Waals surface area contributed by atoms with Gasteiger partial charge in [-0.2, -0.15) is 0 Å². The van der Waals surface area contributed by atoms with E-state index in [4.69, 9.17) is 9.84 Å². The number of aliphatic carboxylic acids is 1. The van der Waals surface area contributed by atoms with Crippen molar-refractivity contribution in [3.8, 4) is 0 Å². The maximum atomic E-state index is 11.1. The molecule has 0 saturated carbocycles. The first-order chi connectivity index (χ1) is 5.68. The molecule has 2 unspecified atom stereocenters. The molecule has 70 valence electrons. The average molecular weight is 192 g/mol. The Morgan fingerprint density at radius 1 is 1.67 bits per heavy atom. The van der Waals surface area contributed by atoms with Gasteiger partial charge < -0.3 is 9.84 Å². The molecule has 1 N–H and O–H groups in total. The molecule has 0 radical (unpaired) electrons. The van der Waals surface area contributed by atoms with E-state index in [0.29, 0.717) is 5.75 Å². The molecule has 0 aliphatic carbocycles. The Labute approximate surface area is 73.4 Å². The van der Waals surface area contributed by atoms with Crippen molar-refractivity contribution >= 4 is 16.8 Å². The van der Waals surface area contributed by atoms with Crippen LogP contribution in [0.3, 0.4) is 0 Å². The third kappa shape index (κ3) is 3.32. The summed E-state index contributed by atoms with van der Waals surface area (Å²) in [7, 11) is -1.26. The smallest absolute Gasteiger partial charge is 0.316 e. The maximum absolute atomic E-state index is 11.1. The monoisotopic (exact) mass is 192 g/mol. The zero-order valence-corrected chi connectivity index (χ0v) is 7.51. The number of rotatable bonds is 4. The molecule has 1 saturated heterocycles. The molecule has 2 atom stereocenters. The van der Waals surface area contributed by atoms with E-state index in [2.05, 4.69) is 0 Å². The van der Waals surface area contributed by atoms with Gasteiger partial charge in [-0.1, -0.05) is 0 Å². The van der Waals surface area contributed by atoms with Crippen LogP contribution in [0.2, 0.25) is 0 Å². The van der Waals surface area contributed by atoms with Crippen LogP contribution in [-0.2, 0) is 20.3 Å². The lowest BCUT2D eigenvalue weighted by Gasteiger charge is -2.06. The van der Waals surface area contributed by atoms with E-state index in [9.17, 15) is 9.00 Å². The molecule has 0 aromatic rings. The Hall–Kier alpha value is -0.420. The fourth-order valence-corrected chi connectivity index (χ4v) is 2.25. The zero-order chi connectivity index (χ0) is 8.97. The van der Waals surface area contributed by atoms with Gasteiger partial charge in [-0.05, 0) is 12.8 Å². The molecular formula is C7H12O4S. The topological polar surface area (TPSA) is 63.6 Å². The third-order valence-corrected chi connectivity index (χ3v) is 2.99. The fourth-order valence-electron chi connectivity index (χ4n) is 1.18. The van der Waals surface area contributed by atoms with Crippen molar-refractivity contribution in [1.29, 1.82) is 0 Å². The molecule has 5 heteroatoms. The van der Waals surface area contributed by atoms with Crippen LogP contribution in [0.15, 0.2) is 0 Å². The van der Waals surface area contributed by atoms with Gasteiger partial charge in [0, 0.05) is 17.4 Å². The Morgan fingerprint density at radius 3 is 2.92 bits per heavy atom. The van der Waals surface area contributed by atoms with Gasteiger partial charge in [0.25, 0.3) is 0 Å². The predicted octanol–water partition coefficient (Wildman–Crippen LogP) is -0.00130. The first kappa shape index (κ1) is 9.67. The predicted molar refractivity (Wildman–Crippen MR) is 44.5 cm³/mol. The molecule has 1 aliphatic heterocycles. The van der Waals surface area contributed by atoms with E-state index < -0.39 is 16.8 Å². The summed E-state index contributed by atoms with van der Waals surface area (Å²) in [5, 5.41) is 8.32. The molecule has 4 nitrogen and oxygen atoms in total. The Balaban J connectivity index is 2.20. The van der Waals surface area contributed by atoms with E-state index in [1.54, 1.807) is 0 Å². The van der Waals surface area contributed by atoms with Gasteiger partial charge >= 0.3 is 5.97 Å². The first-order valence-corrected chi connectivity index (χ1v) is 5.35. The highest BCUT2D eigenvalue weighted by Crippen LogP contribution is 2.12. The van der Waals surface area contributed by atoms with Crippen molar-refractivity contribution in [2.24, 2.45) is 0 Å². The SMILES string of the molecule is O=C(O)CS(=O)CC1CCCO1. The second kappa shape index (κ2) is 4.57. The summed E-state index contributed by atoms with van der Waals surface area (Å²) in [6.45, 7) is 0.717. The van der Waals surface area contributed by atoms with E-state index in [-0.39, 0.29) is 11.9 Å². The third-order valence-electron chi connectivity index (χ3n) is 1.68. The standard InChI is InChI=1S/C7H12O4S/c8-7(9)5-12(10)4-6-2-1-3-11-6/h6H,1-5H2,(H,8,9).